The second kappa shape index (κ2) is 4.94. The Balaban J connectivity index is 2.88. The molecule has 0 saturated carbocycles. The Morgan fingerprint density at radius 1 is 1.33 bits per heavy atom. The topological polar surface area (TPSA) is 25.2 Å². The Kier molecular flexibility index (Phi) is 3.69. The molecule has 0 bridgehead atoms. The quantitative estimate of drug-likeness (QED) is 0.876. The molecule has 18 heavy (non-hydrogen) atoms. The van der Waals surface area contributed by atoms with E-state index >= 15 is 0 Å². The van der Waals surface area contributed by atoms with Gasteiger partial charge in [-0.3, -0.25) is 0 Å². The second-order valence-electron chi connectivity index (χ2n) is 5.01. The molecule has 3 heteroatoms. The molecule has 0 radical (unpaired) electrons. The summed E-state index contributed by atoms with van der Waals surface area (Å²) in [4.78, 5) is 0. The minimum Gasteiger partial charge on any atom is -0.389 e. The van der Waals surface area contributed by atoms with Gasteiger partial charge in [-0.1, -0.05) is 30.2 Å². The highest BCUT2D eigenvalue weighted by Crippen LogP contribution is 2.36. The zero-order valence-corrected chi connectivity index (χ0v) is 12.2. The van der Waals surface area contributed by atoms with E-state index in [9.17, 15) is 5.11 Å². The first-order valence-corrected chi connectivity index (χ1v) is 6.82. The fourth-order valence-corrected chi connectivity index (χ4v) is 3.14. The first-order valence-electron chi connectivity index (χ1n) is 6.44. The first-order chi connectivity index (χ1) is 8.47. The van der Waals surface area contributed by atoms with E-state index in [1.54, 1.807) is 6.92 Å². The number of benzene rings is 1. The first kappa shape index (κ1) is 13.4. The van der Waals surface area contributed by atoms with Crippen LogP contribution in [-0.2, 0) is 6.54 Å². The van der Waals surface area contributed by atoms with Crippen LogP contribution in [0.5, 0.6) is 0 Å². The molecule has 0 amide bonds. The fraction of sp³-hybridized carbons (Fsp3) is 0.467. The summed E-state index contributed by atoms with van der Waals surface area (Å²) in [5.41, 5.74) is 4.43. The van der Waals surface area contributed by atoms with Crippen LogP contribution in [0.4, 0.5) is 0 Å². The smallest absolute Gasteiger partial charge is 0.115 e. The molecule has 2 aromatic rings. The lowest BCUT2D eigenvalue weighted by molar-refractivity contribution is 0.200. The van der Waals surface area contributed by atoms with Gasteiger partial charge >= 0.3 is 0 Å². The lowest BCUT2D eigenvalue weighted by Crippen LogP contribution is -1.98. The van der Waals surface area contributed by atoms with Gasteiger partial charge in [0, 0.05) is 17.5 Å². The predicted molar refractivity (Wildman–Crippen MR) is 77.3 cm³/mol. The van der Waals surface area contributed by atoms with Crippen LogP contribution in [0.1, 0.15) is 43.1 Å². The standard InChI is InChI=1S/C15H20ClNO/c1-5-6-17-14-10(3)7-9(2)8-12(14)13(11(4)18)15(17)16/h7-8,11,18H,5-6H2,1-4H3. The number of fused-ring (bicyclic) bond motifs is 1. The van der Waals surface area contributed by atoms with E-state index in [1.807, 2.05) is 0 Å². The van der Waals surface area contributed by atoms with Gasteiger partial charge in [-0.05, 0) is 38.8 Å². The highest BCUT2D eigenvalue weighted by Gasteiger charge is 2.20. The number of aliphatic hydroxyl groups excluding tert-OH is 1. The van der Waals surface area contributed by atoms with Gasteiger partial charge in [0.25, 0.3) is 0 Å². The molecule has 1 aromatic heterocycles. The SMILES string of the molecule is CCCn1c(Cl)c(C(C)O)c2cc(C)cc(C)c21. The van der Waals surface area contributed by atoms with Crippen molar-refractivity contribution in [1.29, 1.82) is 0 Å². The number of aryl methyl sites for hydroxylation is 3. The number of rotatable bonds is 3. The van der Waals surface area contributed by atoms with Gasteiger partial charge in [0.2, 0.25) is 0 Å². The molecule has 0 aliphatic heterocycles. The van der Waals surface area contributed by atoms with Crippen LogP contribution < -0.4 is 0 Å². The lowest BCUT2D eigenvalue weighted by Gasteiger charge is -2.07. The van der Waals surface area contributed by atoms with Gasteiger partial charge in [-0.25, -0.2) is 0 Å². The molecule has 1 N–H and O–H groups in total. The average molecular weight is 266 g/mol. The van der Waals surface area contributed by atoms with Crippen molar-refractivity contribution in [3.63, 3.8) is 0 Å². The van der Waals surface area contributed by atoms with Crippen molar-refractivity contribution in [3.8, 4) is 0 Å². The van der Waals surface area contributed by atoms with Crippen LogP contribution in [-0.4, -0.2) is 9.67 Å². The zero-order chi connectivity index (χ0) is 13.4. The molecule has 0 fully saturated rings. The molecule has 0 spiro atoms. The van der Waals surface area contributed by atoms with E-state index in [-0.39, 0.29) is 0 Å². The van der Waals surface area contributed by atoms with Crippen molar-refractivity contribution in [2.75, 3.05) is 0 Å². The summed E-state index contributed by atoms with van der Waals surface area (Å²) in [5, 5.41) is 11.7. The molecule has 0 aliphatic rings. The molecule has 98 valence electrons. The third-order valence-electron chi connectivity index (χ3n) is 3.33. The molecule has 1 aromatic carbocycles. The summed E-state index contributed by atoms with van der Waals surface area (Å²) in [5.74, 6) is 0. The number of aliphatic hydroxyl groups is 1. The Morgan fingerprint density at radius 3 is 2.56 bits per heavy atom. The van der Waals surface area contributed by atoms with Crippen LogP contribution in [0, 0.1) is 13.8 Å². The van der Waals surface area contributed by atoms with Gasteiger partial charge in [-0.2, -0.15) is 0 Å². The molecular formula is C15H20ClNO. The second-order valence-corrected chi connectivity index (χ2v) is 5.37. The predicted octanol–water partition coefficient (Wildman–Crippen LogP) is 4.37. The molecule has 2 rings (SSSR count). The van der Waals surface area contributed by atoms with E-state index in [0.29, 0.717) is 5.15 Å². The van der Waals surface area contributed by atoms with Crippen LogP contribution in [0.3, 0.4) is 0 Å². The molecule has 1 atom stereocenters. The summed E-state index contributed by atoms with van der Waals surface area (Å²) in [6.45, 7) is 8.96. The maximum Gasteiger partial charge on any atom is 0.115 e. The van der Waals surface area contributed by atoms with E-state index in [2.05, 4.69) is 37.5 Å². The maximum absolute atomic E-state index is 9.97. The monoisotopic (exact) mass is 265 g/mol. The summed E-state index contributed by atoms with van der Waals surface area (Å²) < 4.78 is 2.12. The van der Waals surface area contributed by atoms with Crippen molar-refractivity contribution in [2.24, 2.45) is 0 Å². The third-order valence-corrected chi connectivity index (χ3v) is 3.74. The third kappa shape index (κ3) is 2.04. The number of halogens is 1. The Labute approximate surface area is 113 Å². The van der Waals surface area contributed by atoms with Gasteiger partial charge in [-0.15, -0.1) is 0 Å². The highest BCUT2D eigenvalue weighted by atomic mass is 35.5. The Bertz CT molecular complexity index is 584. The summed E-state index contributed by atoms with van der Waals surface area (Å²) in [6, 6.07) is 4.28. The van der Waals surface area contributed by atoms with Crippen molar-refractivity contribution >= 4 is 22.5 Å². The summed E-state index contributed by atoms with van der Waals surface area (Å²) in [7, 11) is 0. The maximum atomic E-state index is 9.97. The van der Waals surface area contributed by atoms with E-state index < -0.39 is 6.10 Å². The molecule has 1 heterocycles. The number of aromatic nitrogens is 1. The molecule has 0 saturated heterocycles. The van der Waals surface area contributed by atoms with Crippen LogP contribution in [0.2, 0.25) is 5.15 Å². The Hall–Kier alpha value is -0.990. The number of nitrogens with zero attached hydrogens (tertiary/aromatic N) is 1. The normalized spacial score (nSPS) is 13.2. The highest BCUT2D eigenvalue weighted by molar-refractivity contribution is 6.32. The number of hydrogen-bond donors (Lipinski definition) is 1. The molecule has 2 nitrogen and oxygen atoms in total. The van der Waals surface area contributed by atoms with Gasteiger partial charge in [0.05, 0.1) is 11.6 Å². The fourth-order valence-electron chi connectivity index (χ4n) is 2.71. The largest absolute Gasteiger partial charge is 0.389 e. The van der Waals surface area contributed by atoms with Crippen LogP contribution in [0.25, 0.3) is 10.9 Å². The van der Waals surface area contributed by atoms with Gasteiger partial charge in [0.15, 0.2) is 0 Å². The number of hydrogen-bond acceptors (Lipinski definition) is 1. The Morgan fingerprint density at radius 2 is 2.00 bits per heavy atom. The van der Waals surface area contributed by atoms with Gasteiger partial charge in [0.1, 0.15) is 5.15 Å². The van der Waals surface area contributed by atoms with Crippen LogP contribution >= 0.6 is 11.6 Å². The minimum atomic E-state index is -0.542. The molecule has 1 unspecified atom stereocenters. The van der Waals surface area contributed by atoms with E-state index in [0.717, 1.165) is 29.4 Å². The molecular weight excluding hydrogens is 246 g/mol. The summed E-state index contributed by atoms with van der Waals surface area (Å²) in [6.07, 6.45) is 0.482. The van der Waals surface area contributed by atoms with Crippen molar-refractivity contribution in [2.45, 2.75) is 46.8 Å². The van der Waals surface area contributed by atoms with Crippen molar-refractivity contribution < 1.29 is 5.11 Å². The lowest BCUT2D eigenvalue weighted by atomic mass is 10.0. The van der Waals surface area contributed by atoms with Crippen molar-refractivity contribution in [3.05, 3.63) is 34.0 Å². The molecule has 0 aliphatic carbocycles. The summed E-state index contributed by atoms with van der Waals surface area (Å²) >= 11 is 6.45. The van der Waals surface area contributed by atoms with Crippen molar-refractivity contribution in [1.82, 2.24) is 4.57 Å². The zero-order valence-electron chi connectivity index (χ0n) is 11.4. The van der Waals surface area contributed by atoms with E-state index in [1.165, 1.54) is 11.1 Å². The van der Waals surface area contributed by atoms with Gasteiger partial charge < -0.3 is 9.67 Å². The average Bonchev–Trinajstić information content (AvgIpc) is 2.52. The van der Waals surface area contributed by atoms with E-state index in [4.69, 9.17) is 11.6 Å². The van der Waals surface area contributed by atoms with Crippen LogP contribution in [0.15, 0.2) is 12.1 Å². The minimum absolute atomic E-state index is 0.542.